The molecule has 0 fully saturated rings. The minimum Gasteiger partial charge on any atom is -0.491 e. The van der Waals surface area contributed by atoms with Crippen molar-refractivity contribution in [3.63, 3.8) is 0 Å². The number of nitrogens with two attached hydrogens (primary N) is 1. The molecular formula is C13H21NO. The Hall–Kier alpha value is -1.02. The second-order valence-corrected chi connectivity index (χ2v) is 4.97. The highest BCUT2D eigenvalue weighted by Crippen LogP contribution is 2.26. The zero-order chi connectivity index (χ0) is 11.5. The van der Waals surface area contributed by atoms with Crippen molar-refractivity contribution >= 4 is 0 Å². The largest absolute Gasteiger partial charge is 0.491 e. The van der Waals surface area contributed by atoms with E-state index in [1.54, 1.807) is 0 Å². The van der Waals surface area contributed by atoms with E-state index in [1.807, 2.05) is 32.0 Å². The van der Waals surface area contributed by atoms with Crippen molar-refractivity contribution in [1.29, 1.82) is 0 Å². The molecule has 0 amide bonds. The van der Waals surface area contributed by atoms with E-state index in [1.165, 1.54) is 5.56 Å². The van der Waals surface area contributed by atoms with Gasteiger partial charge in [0.1, 0.15) is 12.4 Å². The first-order chi connectivity index (χ1) is 6.90. The third-order valence-corrected chi connectivity index (χ3v) is 2.14. The van der Waals surface area contributed by atoms with Crippen LogP contribution in [0, 0.1) is 0 Å². The lowest BCUT2D eigenvalue weighted by Gasteiger charge is -2.21. The molecule has 2 heteroatoms. The molecule has 0 aliphatic heterocycles. The fourth-order valence-corrected chi connectivity index (χ4v) is 1.35. The molecule has 1 aromatic rings. The molecule has 0 aliphatic rings. The average Bonchev–Trinajstić information content (AvgIpc) is 2.14. The van der Waals surface area contributed by atoms with Crippen LogP contribution in [0.1, 0.15) is 39.2 Å². The summed E-state index contributed by atoms with van der Waals surface area (Å²) in [6.45, 7) is 8.79. The van der Waals surface area contributed by atoms with E-state index in [4.69, 9.17) is 10.5 Å². The van der Waals surface area contributed by atoms with Gasteiger partial charge in [-0.05, 0) is 31.4 Å². The summed E-state index contributed by atoms with van der Waals surface area (Å²) in [4.78, 5) is 0. The highest BCUT2D eigenvalue weighted by molar-refractivity contribution is 5.35. The molecule has 0 radical (unpaired) electrons. The number of ether oxygens (including phenoxy) is 1. The predicted octanol–water partition coefficient (Wildman–Crippen LogP) is 2.93. The molecule has 1 aromatic carbocycles. The topological polar surface area (TPSA) is 35.2 Å². The van der Waals surface area contributed by atoms with Gasteiger partial charge in [-0.25, -0.2) is 0 Å². The first-order valence-electron chi connectivity index (χ1n) is 5.41. The molecule has 2 nitrogen and oxygen atoms in total. The van der Waals surface area contributed by atoms with Crippen molar-refractivity contribution in [2.45, 2.75) is 39.2 Å². The summed E-state index contributed by atoms with van der Waals surface area (Å²) in [5, 5.41) is 0. The number of hydrogen-bond donors (Lipinski definition) is 1. The van der Waals surface area contributed by atoms with Crippen molar-refractivity contribution in [2.24, 2.45) is 5.73 Å². The maximum Gasteiger partial charge on any atom is 0.122 e. The predicted molar refractivity (Wildman–Crippen MR) is 64.3 cm³/mol. The van der Waals surface area contributed by atoms with Gasteiger partial charge in [-0.3, -0.25) is 0 Å². The van der Waals surface area contributed by atoms with Gasteiger partial charge in [0.2, 0.25) is 0 Å². The van der Waals surface area contributed by atoms with E-state index in [-0.39, 0.29) is 5.54 Å². The Morgan fingerprint density at radius 1 is 1.27 bits per heavy atom. The fraction of sp³-hybridized carbons (Fsp3) is 0.538. The van der Waals surface area contributed by atoms with Crippen molar-refractivity contribution < 1.29 is 4.74 Å². The minimum atomic E-state index is -0.288. The molecule has 0 aromatic heterocycles. The third kappa shape index (κ3) is 3.92. The Morgan fingerprint density at radius 3 is 2.40 bits per heavy atom. The summed E-state index contributed by atoms with van der Waals surface area (Å²) >= 11 is 0. The maximum absolute atomic E-state index is 5.88. The van der Waals surface area contributed by atoms with Crippen molar-refractivity contribution in [1.82, 2.24) is 0 Å². The lowest BCUT2D eigenvalue weighted by atomic mass is 10.0. The first-order valence-corrected chi connectivity index (χ1v) is 5.41. The Bertz CT molecular complexity index is 313. The van der Waals surface area contributed by atoms with E-state index in [9.17, 15) is 0 Å². The molecule has 84 valence electrons. The number of benzene rings is 1. The van der Waals surface area contributed by atoms with Crippen LogP contribution >= 0.6 is 0 Å². The van der Waals surface area contributed by atoms with Crippen molar-refractivity contribution in [3.8, 4) is 5.75 Å². The SMILES string of the molecule is CC(C)c1ccccc1OCC(C)(C)N. The van der Waals surface area contributed by atoms with Gasteiger partial charge in [-0.2, -0.15) is 0 Å². The minimum absolute atomic E-state index is 0.288. The highest BCUT2D eigenvalue weighted by atomic mass is 16.5. The fourth-order valence-electron chi connectivity index (χ4n) is 1.35. The maximum atomic E-state index is 5.88. The van der Waals surface area contributed by atoms with Crippen LogP contribution in [-0.4, -0.2) is 12.1 Å². The van der Waals surface area contributed by atoms with Gasteiger partial charge < -0.3 is 10.5 Å². The van der Waals surface area contributed by atoms with E-state index in [2.05, 4.69) is 19.9 Å². The van der Waals surface area contributed by atoms with Crippen molar-refractivity contribution in [2.75, 3.05) is 6.61 Å². The number of hydrogen-bond acceptors (Lipinski definition) is 2. The van der Waals surface area contributed by atoms with Crippen LogP contribution in [0.25, 0.3) is 0 Å². The first kappa shape index (κ1) is 12.1. The molecule has 0 atom stereocenters. The monoisotopic (exact) mass is 207 g/mol. The van der Waals surface area contributed by atoms with E-state index >= 15 is 0 Å². The van der Waals surface area contributed by atoms with Gasteiger partial charge >= 0.3 is 0 Å². The molecule has 0 saturated carbocycles. The van der Waals surface area contributed by atoms with Crippen LogP contribution in [0.2, 0.25) is 0 Å². The van der Waals surface area contributed by atoms with Crippen molar-refractivity contribution in [3.05, 3.63) is 29.8 Å². The molecule has 0 heterocycles. The smallest absolute Gasteiger partial charge is 0.122 e. The van der Waals surface area contributed by atoms with Gasteiger partial charge in [-0.15, -0.1) is 0 Å². The Morgan fingerprint density at radius 2 is 1.87 bits per heavy atom. The zero-order valence-electron chi connectivity index (χ0n) is 10.1. The molecule has 2 N–H and O–H groups in total. The number of para-hydroxylation sites is 1. The normalized spacial score (nSPS) is 11.9. The van der Waals surface area contributed by atoms with Gasteiger partial charge in [-0.1, -0.05) is 32.0 Å². The molecule has 0 unspecified atom stereocenters. The molecule has 0 spiro atoms. The van der Waals surface area contributed by atoms with Crippen LogP contribution in [0.4, 0.5) is 0 Å². The molecule has 0 bridgehead atoms. The highest BCUT2D eigenvalue weighted by Gasteiger charge is 2.13. The van der Waals surface area contributed by atoms with Crippen LogP contribution < -0.4 is 10.5 Å². The van der Waals surface area contributed by atoms with E-state index < -0.39 is 0 Å². The summed E-state index contributed by atoms with van der Waals surface area (Å²) in [6, 6.07) is 8.13. The molecular weight excluding hydrogens is 186 g/mol. The summed E-state index contributed by atoms with van der Waals surface area (Å²) in [6.07, 6.45) is 0. The second kappa shape index (κ2) is 4.67. The summed E-state index contributed by atoms with van der Waals surface area (Å²) < 4.78 is 5.74. The van der Waals surface area contributed by atoms with Crippen LogP contribution in [-0.2, 0) is 0 Å². The van der Waals surface area contributed by atoms with Crippen LogP contribution in [0.5, 0.6) is 5.75 Å². The summed E-state index contributed by atoms with van der Waals surface area (Å²) in [7, 11) is 0. The standard InChI is InChI=1S/C13H21NO/c1-10(2)11-7-5-6-8-12(11)15-9-13(3,4)14/h5-8,10H,9,14H2,1-4H3. The summed E-state index contributed by atoms with van der Waals surface area (Å²) in [5.41, 5.74) is 6.83. The Kier molecular flexibility index (Phi) is 3.75. The lowest BCUT2D eigenvalue weighted by Crippen LogP contribution is -2.38. The van der Waals surface area contributed by atoms with Gasteiger partial charge in [0.05, 0.1) is 0 Å². The molecule has 0 aliphatic carbocycles. The van der Waals surface area contributed by atoms with E-state index in [0.29, 0.717) is 12.5 Å². The van der Waals surface area contributed by atoms with E-state index in [0.717, 1.165) is 5.75 Å². The van der Waals surface area contributed by atoms with Gasteiger partial charge in [0, 0.05) is 5.54 Å². The zero-order valence-corrected chi connectivity index (χ0v) is 10.1. The third-order valence-electron chi connectivity index (χ3n) is 2.14. The second-order valence-electron chi connectivity index (χ2n) is 4.97. The van der Waals surface area contributed by atoms with Crippen LogP contribution in [0.3, 0.4) is 0 Å². The summed E-state index contributed by atoms with van der Waals surface area (Å²) in [5.74, 6) is 1.42. The average molecular weight is 207 g/mol. The van der Waals surface area contributed by atoms with Gasteiger partial charge in [0.15, 0.2) is 0 Å². The molecule has 0 saturated heterocycles. The Balaban J connectivity index is 2.76. The number of rotatable bonds is 4. The molecule has 15 heavy (non-hydrogen) atoms. The molecule has 1 rings (SSSR count). The van der Waals surface area contributed by atoms with Gasteiger partial charge in [0.25, 0.3) is 0 Å². The van der Waals surface area contributed by atoms with Crippen LogP contribution in [0.15, 0.2) is 24.3 Å². The Labute approximate surface area is 92.4 Å². The lowest BCUT2D eigenvalue weighted by molar-refractivity contribution is 0.240. The quantitative estimate of drug-likeness (QED) is 0.824.